The van der Waals surface area contributed by atoms with Gasteiger partial charge in [0.2, 0.25) is 0 Å². The van der Waals surface area contributed by atoms with Crippen molar-refractivity contribution in [2.45, 2.75) is 0 Å². The molecule has 4 nitrogen and oxygen atoms in total. The number of nitrogen functional groups attached to an aromatic ring is 1. The summed E-state index contributed by atoms with van der Waals surface area (Å²) in [5.41, 5.74) is 5.38. The summed E-state index contributed by atoms with van der Waals surface area (Å²) in [6, 6.07) is 5.85. The number of nitrogens with zero attached hydrogens (tertiary/aromatic N) is 1. The summed E-state index contributed by atoms with van der Waals surface area (Å²) in [6.07, 6.45) is 1.42. The largest absolute Gasteiger partial charge is 0.452 e. The van der Waals surface area contributed by atoms with E-state index >= 15 is 0 Å². The molecule has 0 saturated carbocycles. The molecule has 2 aromatic rings. The maximum atomic E-state index is 13.4. The van der Waals surface area contributed by atoms with Crippen molar-refractivity contribution in [2.24, 2.45) is 5.73 Å². The molecule has 2 rings (SSSR count). The predicted molar refractivity (Wildman–Crippen MR) is 61.7 cm³/mol. The first-order valence-electron chi connectivity index (χ1n) is 5.00. The molecule has 18 heavy (non-hydrogen) atoms. The highest BCUT2D eigenvalue weighted by atomic mass is 19.1. The molecule has 1 heterocycles. The molecule has 0 saturated heterocycles. The first kappa shape index (κ1) is 12.0. The van der Waals surface area contributed by atoms with E-state index in [-0.39, 0.29) is 23.0 Å². The van der Waals surface area contributed by atoms with E-state index in [0.717, 1.165) is 18.2 Å². The Labute approximate surface area is 102 Å². The van der Waals surface area contributed by atoms with Crippen LogP contribution in [0, 0.1) is 17.0 Å². The Hall–Kier alpha value is -2.50. The van der Waals surface area contributed by atoms with Crippen LogP contribution >= 0.6 is 0 Å². The molecule has 0 radical (unpaired) electrons. The van der Waals surface area contributed by atoms with Crippen molar-refractivity contribution in [3.05, 3.63) is 53.9 Å². The van der Waals surface area contributed by atoms with Gasteiger partial charge in [0, 0.05) is 12.3 Å². The lowest BCUT2D eigenvalue weighted by Gasteiger charge is -2.09. The van der Waals surface area contributed by atoms with Gasteiger partial charge < -0.3 is 10.5 Å². The van der Waals surface area contributed by atoms with Gasteiger partial charge in [-0.05, 0) is 24.3 Å². The summed E-state index contributed by atoms with van der Waals surface area (Å²) >= 11 is 0. The Kier molecular flexibility index (Phi) is 3.18. The van der Waals surface area contributed by atoms with E-state index in [0.29, 0.717) is 0 Å². The molecule has 0 bridgehead atoms. The molecule has 0 atom stereocenters. The summed E-state index contributed by atoms with van der Waals surface area (Å²) in [5.74, 6) is -1.85. The molecule has 0 aliphatic heterocycles. The van der Waals surface area contributed by atoms with Crippen molar-refractivity contribution in [3.63, 3.8) is 0 Å². The van der Waals surface area contributed by atoms with Gasteiger partial charge in [-0.1, -0.05) is 0 Å². The number of nitrogens with two attached hydrogens (primary N) is 1. The number of benzene rings is 1. The molecule has 0 fully saturated rings. The minimum absolute atomic E-state index is 0.0705. The molecule has 0 amide bonds. The van der Waals surface area contributed by atoms with Gasteiger partial charge >= 0.3 is 0 Å². The van der Waals surface area contributed by atoms with Crippen molar-refractivity contribution in [1.29, 1.82) is 5.41 Å². The molecule has 3 N–H and O–H groups in total. The zero-order valence-corrected chi connectivity index (χ0v) is 9.15. The summed E-state index contributed by atoms with van der Waals surface area (Å²) in [4.78, 5) is 3.84. The number of amidine groups is 1. The van der Waals surface area contributed by atoms with Gasteiger partial charge in [-0.2, -0.15) is 0 Å². The Bertz CT molecular complexity index is 602. The Balaban J connectivity index is 2.40. The van der Waals surface area contributed by atoms with Crippen molar-refractivity contribution in [3.8, 4) is 11.5 Å². The fourth-order valence-corrected chi connectivity index (χ4v) is 1.35. The first-order chi connectivity index (χ1) is 8.58. The number of nitrogens with one attached hydrogen (secondary N) is 1. The summed E-state index contributed by atoms with van der Waals surface area (Å²) in [5, 5.41) is 7.31. The highest BCUT2D eigenvalue weighted by Gasteiger charge is 2.11. The minimum atomic E-state index is -0.713. The van der Waals surface area contributed by atoms with Gasteiger partial charge in [-0.15, -0.1) is 0 Å². The third-order valence-corrected chi connectivity index (χ3v) is 2.14. The molecular weight excluding hydrogens is 240 g/mol. The van der Waals surface area contributed by atoms with Crippen LogP contribution in [-0.4, -0.2) is 10.8 Å². The zero-order chi connectivity index (χ0) is 13.1. The van der Waals surface area contributed by atoms with Crippen LogP contribution in [0.3, 0.4) is 0 Å². The highest BCUT2D eigenvalue weighted by Crippen LogP contribution is 2.26. The summed E-state index contributed by atoms with van der Waals surface area (Å²) in [6.45, 7) is 0. The topological polar surface area (TPSA) is 72.0 Å². The quantitative estimate of drug-likeness (QED) is 0.648. The average molecular weight is 249 g/mol. The van der Waals surface area contributed by atoms with E-state index in [4.69, 9.17) is 15.9 Å². The second-order valence-electron chi connectivity index (χ2n) is 3.44. The van der Waals surface area contributed by atoms with Crippen LogP contribution in [0.5, 0.6) is 11.5 Å². The molecule has 92 valence electrons. The van der Waals surface area contributed by atoms with Gasteiger partial charge in [0.05, 0.1) is 0 Å². The third-order valence-electron chi connectivity index (χ3n) is 2.14. The predicted octanol–water partition coefficient (Wildman–Crippen LogP) is 2.44. The van der Waals surface area contributed by atoms with Crippen molar-refractivity contribution in [1.82, 2.24) is 4.98 Å². The van der Waals surface area contributed by atoms with Crippen LogP contribution in [0.2, 0.25) is 0 Å². The van der Waals surface area contributed by atoms with Gasteiger partial charge in [0.15, 0.2) is 17.3 Å². The first-order valence-corrected chi connectivity index (χ1v) is 5.00. The lowest BCUT2D eigenvalue weighted by Crippen LogP contribution is -2.14. The Morgan fingerprint density at radius 3 is 2.72 bits per heavy atom. The number of rotatable bonds is 3. The van der Waals surface area contributed by atoms with Gasteiger partial charge in [-0.25, -0.2) is 13.8 Å². The Morgan fingerprint density at radius 2 is 2.00 bits per heavy atom. The van der Waals surface area contributed by atoms with E-state index in [1.807, 2.05) is 0 Å². The van der Waals surface area contributed by atoms with Crippen LogP contribution in [0.4, 0.5) is 8.78 Å². The normalized spacial score (nSPS) is 10.1. The standard InChI is InChI=1S/C12H9F2N3O/c13-7-3-4-8(14)10(6-7)18-9-2-1-5-17-11(9)12(15)16/h1-6H,(H3,15,16). The zero-order valence-electron chi connectivity index (χ0n) is 9.15. The Morgan fingerprint density at radius 1 is 1.22 bits per heavy atom. The second kappa shape index (κ2) is 4.79. The van der Waals surface area contributed by atoms with E-state index in [1.54, 1.807) is 6.07 Å². The number of pyridine rings is 1. The fraction of sp³-hybridized carbons (Fsp3) is 0. The second-order valence-corrected chi connectivity index (χ2v) is 3.44. The van der Waals surface area contributed by atoms with Crippen molar-refractivity contribution in [2.75, 3.05) is 0 Å². The van der Waals surface area contributed by atoms with Crippen molar-refractivity contribution >= 4 is 5.84 Å². The molecule has 0 aliphatic rings. The van der Waals surface area contributed by atoms with Crippen LogP contribution in [0.25, 0.3) is 0 Å². The summed E-state index contributed by atoms with van der Waals surface area (Å²) in [7, 11) is 0. The lowest BCUT2D eigenvalue weighted by molar-refractivity contribution is 0.434. The molecule has 0 unspecified atom stereocenters. The van der Waals surface area contributed by atoms with Crippen LogP contribution in [0.1, 0.15) is 5.69 Å². The van der Waals surface area contributed by atoms with Gasteiger partial charge in [0.1, 0.15) is 17.3 Å². The minimum Gasteiger partial charge on any atom is -0.452 e. The number of aromatic nitrogens is 1. The van der Waals surface area contributed by atoms with E-state index in [2.05, 4.69) is 4.98 Å². The average Bonchev–Trinajstić information content (AvgIpc) is 2.34. The van der Waals surface area contributed by atoms with Crippen LogP contribution < -0.4 is 10.5 Å². The smallest absolute Gasteiger partial charge is 0.166 e. The van der Waals surface area contributed by atoms with E-state index in [9.17, 15) is 8.78 Å². The highest BCUT2D eigenvalue weighted by molar-refractivity contribution is 5.95. The summed E-state index contributed by atoms with van der Waals surface area (Å²) < 4.78 is 31.6. The van der Waals surface area contributed by atoms with Gasteiger partial charge in [-0.3, -0.25) is 5.41 Å². The maximum Gasteiger partial charge on any atom is 0.166 e. The fourth-order valence-electron chi connectivity index (χ4n) is 1.35. The number of ether oxygens (including phenoxy) is 1. The molecule has 0 aliphatic carbocycles. The lowest BCUT2D eigenvalue weighted by atomic mass is 10.3. The molecule has 0 spiro atoms. The molecule has 1 aromatic carbocycles. The number of hydrogen-bond donors (Lipinski definition) is 2. The SMILES string of the molecule is N=C(N)c1ncccc1Oc1cc(F)ccc1F. The van der Waals surface area contributed by atoms with Crippen LogP contribution in [-0.2, 0) is 0 Å². The molecular formula is C12H9F2N3O. The van der Waals surface area contributed by atoms with E-state index in [1.165, 1.54) is 12.3 Å². The van der Waals surface area contributed by atoms with Crippen LogP contribution in [0.15, 0.2) is 36.5 Å². The van der Waals surface area contributed by atoms with Gasteiger partial charge in [0.25, 0.3) is 0 Å². The number of halogens is 2. The molecule has 6 heteroatoms. The van der Waals surface area contributed by atoms with E-state index < -0.39 is 11.6 Å². The third kappa shape index (κ3) is 2.42. The molecule has 1 aromatic heterocycles. The number of hydrogen-bond acceptors (Lipinski definition) is 3. The maximum absolute atomic E-state index is 13.4. The van der Waals surface area contributed by atoms with Crippen molar-refractivity contribution < 1.29 is 13.5 Å². The monoisotopic (exact) mass is 249 g/mol.